The summed E-state index contributed by atoms with van der Waals surface area (Å²) in [4.78, 5) is 48.8. The SMILES string of the molecule is CCNC(C)SCc1cnccc1SC1(C(=O)O)CS[C@@H]2[C@H](NC(=O)C(=NO)c3nc(N)sc3Cl)C(=O)N2C1.CN. The van der Waals surface area contributed by atoms with Gasteiger partial charge < -0.3 is 37.3 Å². The molecule has 4 heterocycles. The highest BCUT2D eigenvalue weighted by Crippen LogP contribution is 2.47. The number of amides is 2. The number of pyridine rings is 1. The van der Waals surface area contributed by atoms with E-state index in [9.17, 15) is 24.7 Å². The smallest absolute Gasteiger partial charge is 0.322 e. The third-order valence-corrected chi connectivity index (χ3v) is 11.4. The average Bonchev–Trinajstić information content (AvgIpc) is 3.29. The second kappa shape index (κ2) is 14.8. The number of carboxylic acid groups (broad SMARTS) is 1. The van der Waals surface area contributed by atoms with Crippen LogP contribution in [0.5, 0.6) is 0 Å². The minimum absolute atomic E-state index is 0.0338. The predicted molar refractivity (Wildman–Crippen MR) is 165 cm³/mol. The lowest BCUT2D eigenvalue weighted by Crippen LogP contribution is -2.74. The van der Waals surface area contributed by atoms with Crippen LogP contribution in [0.2, 0.25) is 4.34 Å². The second-order valence-corrected chi connectivity index (χ2v) is 14.1. The topological polar surface area (TPSA) is 209 Å². The number of fused-ring (bicyclic) bond motifs is 1. The Balaban J connectivity index is 0.00000226. The Bertz CT molecular complexity index is 1300. The molecular formula is C23H31ClN8O5S4. The number of nitrogen functional groups attached to an aromatic ring is 1. The summed E-state index contributed by atoms with van der Waals surface area (Å²) in [5.41, 5.74) is 10.5. The molecule has 13 nitrogen and oxygen atoms in total. The number of hydrogen-bond acceptors (Lipinski definition) is 14. The van der Waals surface area contributed by atoms with Gasteiger partial charge in [0.25, 0.3) is 5.91 Å². The van der Waals surface area contributed by atoms with E-state index in [2.05, 4.69) is 38.4 Å². The maximum atomic E-state index is 13.0. The lowest BCUT2D eigenvalue weighted by Gasteiger charge is -2.53. The highest BCUT2D eigenvalue weighted by molar-refractivity contribution is 8.05. The maximum Gasteiger partial charge on any atom is 0.322 e. The van der Waals surface area contributed by atoms with Gasteiger partial charge >= 0.3 is 5.97 Å². The van der Waals surface area contributed by atoms with Crippen LogP contribution in [0, 0.1) is 0 Å². The molecule has 8 N–H and O–H groups in total. The Morgan fingerprint density at radius 1 is 1.41 bits per heavy atom. The Morgan fingerprint density at radius 3 is 2.76 bits per heavy atom. The molecule has 2 unspecified atom stereocenters. The molecule has 224 valence electrons. The fourth-order valence-corrected chi connectivity index (χ4v) is 8.94. The number of anilines is 1. The van der Waals surface area contributed by atoms with Crippen molar-refractivity contribution in [3.8, 4) is 0 Å². The fraction of sp³-hybridized carbons (Fsp3) is 0.478. The van der Waals surface area contributed by atoms with Crippen molar-refractivity contribution in [2.45, 2.75) is 46.0 Å². The van der Waals surface area contributed by atoms with E-state index in [1.54, 1.807) is 30.2 Å². The monoisotopic (exact) mass is 662 g/mol. The van der Waals surface area contributed by atoms with Gasteiger partial charge in [-0.2, -0.15) is 0 Å². The predicted octanol–water partition coefficient (Wildman–Crippen LogP) is 1.73. The van der Waals surface area contributed by atoms with Gasteiger partial charge in [0, 0.05) is 35.3 Å². The van der Waals surface area contributed by atoms with Gasteiger partial charge in [-0.25, -0.2) is 4.98 Å². The van der Waals surface area contributed by atoms with E-state index in [4.69, 9.17) is 17.3 Å². The van der Waals surface area contributed by atoms with E-state index in [-0.39, 0.29) is 32.8 Å². The van der Waals surface area contributed by atoms with Gasteiger partial charge in [0.1, 0.15) is 26.2 Å². The summed E-state index contributed by atoms with van der Waals surface area (Å²) >= 11 is 11.1. The minimum Gasteiger partial charge on any atom is -0.480 e. The number of aromatic nitrogens is 2. The fourth-order valence-electron chi connectivity index (χ4n) is 4.05. The number of halogens is 1. The molecule has 41 heavy (non-hydrogen) atoms. The van der Waals surface area contributed by atoms with E-state index in [0.717, 1.165) is 28.3 Å². The molecule has 18 heteroatoms. The first-order valence-corrected chi connectivity index (χ1v) is 16.4. The number of nitrogens with two attached hydrogens (primary N) is 2. The standard InChI is InChI=1S/C22H26ClN7O5S4.CH5N/c1-3-26-10(2)36-7-11-6-25-5-4-12(11)39-22(20(33)34)8-30-18(32)15(19(30)37-9-22)27-17(31)14(29-35)13-16(23)38-21(24)28-13;1-2/h4-6,10,15,19,26,35H,3,7-9H2,1-2H3,(H2,24,28)(H,27,31)(H,33,34);2H2,1H3/t10?,15-,19-,22?;/m1./s1. The zero-order valence-electron chi connectivity index (χ0n) is 22.4. The molecule has 2 aliphatic heterocycles. The van der Waals surface area contributed by atoms with Crippen LogP contribution in [0.25, 0.3) is 0 Å². The Morgan fingerprint density at radius 2 is 2.15 bits per heavy atom. The molecule has 2 aromatic heterocycles. The molecule has 0 radical (unpaired) electrons. The number of thiazole rings is 1. The normalized spacial score (nSPS) is 22.6. The van der Waals surface area contributed by atoms with Crippen molar-refractivity contribution >= 4 is 86.9 Å². The van der Waals surface area contributed by atoms with Crippen LogP contribution in [0.3, 0.4) is 0 Å². The molecular weight excluding hydrogens is 632 g/mol. The lowest BCUT2D eigenvalue weighted by molar-refractivity contribution is -0.151. The van der Waals surface area contributed by atoms with Crippen molar-refractivity contribution in [2.24, 2.45) is 10.9 Å². The first-order chi connectivity index (χ1) is 19.6. The van der Waals surface area contributed by atoms with E-state index in [1.165, 1.54) is 35.5 Å². The number of carbonyl (C=O) groups is 3. The maximum absolute atomic E-state index is 13.0. The Hall–Kier alpha value is -2.28. The first kappa shape index (κ1) is 33.2. The molecule has 0 saturated carbocycles. The number of carbonyl (C=O) groups excluding carboxylic acids is 2. The number of hydrogen-bond donors (Lipinski definition) is 6. The number of rotatable bonds is 11. The molecule has 4 atom stereocenters. The first-order valence-electron chi connectivity index (χ1n) is 12.3. The summed E-state index contributed by atoms with van der Waals surface area (Å²) in [6.07, 6.45) is 3.37. The highest BCUT2D eigenvalue weighted by Gasteiger charge is 2.58. The molecule has 2 aliphatic rings. The van der Waals surface area contributed by atoms with Crippen LogP contribution >= 0.6 is 58.2 Å². The summed E-state index contributed by atoms with van der Waals surface area (Å²) in [7, 11) is 1.50. The van der Waals surface area contributed by atoms with Crippen molar-refractivity contribution in [1.82, 2.24) is 25.5 Å². The van der Waals surface area contributed by atoms with Gasteiger partial charge in [-0.1, -0.05) is 35.0 Å². The number of thioether (sulfide) groups is 3. The molecule has 2 saturated heterocycles. The Labute approximate surface area is 258 Å². The second-order valence-electron chi connectivity index (χ2n) is 8.64. The van der Waals surface area contributed by atoms with Crippen LogP contribution in [-0.2, 0) is 20.1 Å². The van der Waals surface area contributed by atoms with Crippen molar-refractivity contribution in [3.05, 3.63) is 34.1 Å². The van der Waals surface area contributed by atoms with Crippen molar-refractivity contribution in [1.29, 1.82) is 0 Å². The molecule has 4 rings (SSSR count). The lowest BCUT2D eigenvalue weighted by atomic mass is 10.0. The van der Waals surface area contributed by atoms with Gasteiger partial charge in [0.05, 0.1) is 5.37 Å². The van der Waals surface area contributed by atoms with E-state index >= 15 is 0 Å². The molecule has 2 amide bonds. The quantitative estimate of drug-likeness (QED) is 0.0667. The van der Waals surface area contributed by atoms with Crippen LogP contribution in [0.4, 0.5) is 5.13 Å². The van der Waals surface area contributed by atoms with Crippen molar-refractivity contribution < 1.29 is 24.7 Å². The number of aliphatic carboxylic acids is 1. The molecule has 0 aliphatic carbocycles. The van der Waals surface area contributed by atoms with Crippen LogP contribution in [0.1, 0.15) is 25.1 Å². The molecule has 0 spiro atoms. The number of oxime groups is 1. The summed E-state index contributed by atoms with van der Waals surface area (Å²) in [6.45, 7) is 4.91. The zero-order chi connectivity index (χ0) is 30.3. The zero-order valence-corrected chi connectivity index (χ0v) is 26.4. The summed E-state index contributed by atoms with van der Waals surface area (Å²) < 4.78 is -1.22. The average molecular weight is 663 g/mol. The molecule has 2 fully saturated rings. The minimum atomic E-state index is -1.29. The summed E-state index contributed by atoms with van der Waals surface area (Å²) in [6, 6.07) is 0.874. The third-order valence-electron chi connectivity index (χ3n) is 6.02. The number of β-lactam (4-membered cyclic amide) rings is 1. The largest absolute Gasteiger partial charge is 0.480 e. The third kappa shape index (κ3) is 7.39. The highest BCUT2D eigenvalue weighted by atomic mass is 35.5. The van der Waals surface area contributed by atoms with E-state index < -0.39 is 39.7 Å². The Kier molecular flexibility index (Phi) is 12.0. The van der Waals surface area contributed by atoms with Gasteiger partial charge in [-0.15, -0.1) is 35.3 Å². The molecule has 0 bridgehead atoms. The van der Waals surface area contributed by atoms with Crippen molar-refractivity contribution in [3.63, 3.8) is 0 Å². The number of nitrogens with zero attached hydrogens (tertiary/aromatic N) is 4. The molecule has 0 aromatic carbocycles. The summed E-state index contributed by atoms with van der Waals surface area (Å²) in [5.74, 6) is -1.46. The van der Waals surface area contributed by atoms with Gasteiger partial charge in [-0.3, -0.25) is 19.4 Å². The summed E-state index contributed by atoms with van der Waals surface area (Å²) in [5, 5.41) is 28.4. The van der Waals surface area contributed by atoms with Crippen LogP contribution in [-0.4, -0.2) is 96.1 Å². The van der Waals surface area contributed by atoms with Gasteiger partial charge in [0.2, 0.25) is 5.91 Å². The number of carboxylic acids is 1. The van der Waals surface area contributed by atoms with E-state index in [0.29, 0.717) is 5.75 Å². The van der Waals surface area contributed by atoms with Crippen LogP contribution in [0.15, 0.2) is 28.5 Å². The van der Waals surface area contributed by atoms with Crippen molar-refractivity contribution in [2.75, 3.05) is 31.6 Å². The van der Waals surface area contributed by atoms with E-state index in [1.807, 2.05) is 6.92 Å². The van der Waals surface area contributed by atoms with Crippen LogP contribution < -0.4 is 22.1 Å². The molecule has 2 aromatic rings. The van der Waals surface area contributed by atoms with Gasteiger partial charge in [0.15, 0.2) is 10.8 Å². The number of nitrogens with one attached hydrogen (secondary N) is 2. The van der Waals surface area contributed by atoms with Gasteiger partial charge in [-0.05, 0) is 32.1 Å².